The van der Waals surface area contributed by atoms with Gasteiger partial charge in [-0.3, -0.25) is 4.90 Å². The fourth-order valence-electron chi connectivity index (χ4n) is 3.11. The van der Waals surface area contributed by atoms with Crippen molar-refractivity contribution >= 4 is 11.8 Å². The van der Waals surface area contributed by atoms with E-state index in [1.165, 1.54) is 5.69 Å². The monoisotopic (exact) mass is 338 g/mol. The molecule has 1 heterocycles. The van der Waals surface area contributed by atoms with Crippen LogP contribution in [0.25, 0.3) is 6.08 Å². The van der Waals surface area contributed by atoms with Crippen LogP contribution in [-0.2, 0) is 0 Å². The summed E-state index contributed by atoms with van der Waals surface area (Å²) in [7, 11) is 3.41. The van der Waals surface area contributed by atoms with E-state index in [9.17, 15) is 0 Å². The van der Waals surface area contributed by atoms with Crippen LogP contribution in [0, 0.1) is 0 Å². The molecule has 1 aliphatic rings. The number of hydrogen-bond donors (Lipinski definition) is 0. The molecular weight excluding hydrogens is 312 g/mol. The number of methoxy groups -OCH3 is 2. The van der Waals surface area contributed by atoms with Gasteiger partial charge in [0.15, 0.2) is 0 Å². The summed E-state index contributed by atoms with van der Waals surface area (Å²) in [6, 6.07) is 16.4. The fourth-order valence-corrected chi connectivity index (χ4v) is 3.11. The lowest BCUT2D eigenvalue weighted by Gasteiger charge is -2.35. The van der Waals surface area contributed by atoms with Gasteiger partial charge in [0.05, 0.1) is 14.2 Å². The van der Waals surface area contributed by atoms with Gasteiger partial charge in [-0.2, -0.15) is 0 Å². The zero-order valence-electron chi connectivity index (χ0n) is 15.0. The number of nitrogens with zero attached hydrogens (tertiary/aromatic N) is 2. The van der Waals surface area contributed by atoms with Crippen molar-refractivity contribution in [2.75, 3.05) is 51.8 Å². The second kappa shape index (κ2) is 8.58. The van der Waals surface area contributed by atoms with Crippen molar-refractivity contribution in [3.63, 3.8) is 0 Å². The Morgan fingerprint density at radius 3 is 2.28 bits per heavy atom. The van der Waals surface area contributed by atoms with Crippen molar-refractivity contribution in [2.45, 2.75) is 0 Å². The molecule has 25 heavy (non-hydrogen) atoms. The first kappa shape index (κ1) is 17.4. The van der Waals surface area contributed by atoms with Crippen LogP contribution in [0.3, 0.4) is 0 Å². The summed E-state index contributed by atoms with van der Waals surface area (Å²) >= 11 is 0. The number of para-hydroxylation sites is 1. The molecule has 4 nitrogen and oxygen atoms in total. The van der Waals surface area contributed by atoms with Crippen LogP contribution < -0.4 is 14.4 Å². The van der Waals surface area contributed by atoms with Crippen molar-refractivity contribution in [1.29, 1.82) is 0 Å². The van der Waals surface area contributed by atoms with E-state index in [1.54, 1.807) is 14.2 Å². The molecule has 0 spiro atoms. The van der Waals surface area contributed by atoms with Gasteiger partial charge in [-0.1, -0.05) is 30.4 Å². The second-order valence-electron chi connectivity index (χ2n) is 6.13. The van der Waals surface area contributed by atoms with E-state index < -0.39 is 0 Å². The van der Waals surface area contributed by atoms with Crippen LogP contribution in [0.4, 0.5) is 5.69 Å². The van der Waals surface area contributed by atoms with Gasteiger partial charge in [0, 0.05) is 44.0 Å². The highest BCUT2D eigenvalue weighted by molar-refractivity contribution is 5.57. The Balaban J connectivity index is 1.49. The third kappa shape index (κ3) is 4.54. The number of piperazine rings is 1. The van der Waals surface area contributed by atoms with Gasteiger partial charge in [0.2, 0.25) is 0 Å². The molecular formula is C21H26N2O2. The molecule has 2 aromatic carbocycles. The standard InChI is InChI=1S/C21H26N2O2/c1-24-20-11-9-19(10-12-20)23-16-14-22(15-17-23)13-5-7-18-6-3-4-8-21(18)25-2/h3-12H,13-17H2,1-2H3. The van der Waals surface area contributed by atoms with Crippen LogP contribution >= 0.6 is 0 Å². The SMILES string of the molecule is COc1ccc(N2CCN(CC=Cc3ccccc3OC)CC2)cc1. The van der Waals surface area contributed by atoms with E-state index in [1.807, 2.05) is 30.3 Å². The minimum atomic E-state index is 0.906. The van der Waals surface area contributed by atoms with Gasteiger partial charge >= 0.3 is 0 Å². The van der Waals surface area contributed by atoms with Crippen LogP contribution in [-0.4, -0.2) is 51.8 Å². The highest BCUT2D eigenvalue weighted by Crippen LogP contribution is 2.21. The lowest BCUT2D eigenvalue weighted by atomic mass is 10.2. The van der Waals surface area contributed by atoms with Crippen LogP contribution in [0.5, 0.6) is 11.5 Å². The quantitative estimate of drug-likeness (QED) is 0.804. The summed E-state index contributed by atoms with van der Waals surface area (Å²) in [6.07, 6.45) is 4.37. The van der Waals surface area contributed by atoms with Gasteiger partial charge in [-0.15, -0.1) is 0 Å². The zero-order chi connectivity index (χ0) is 17.5. The highest BCUT2D eigenvalue weighted by atomic mass is 16.5. The first-order valence-electron chi connectivity index (χ1n) is 8.71. The molecule has 0 bridgehead atoms. The summed E-state index contributed by atoms with van der Waals surface area (Å²) in [4.78, 5) is 4.91. The highest BCUT2D eigenvalue weighted by Gasteiger charge is 2.16. The third-order valence-electron chi connectivity index (χ3n) is 4.61. The Kier molecular flexibility index (Phi) is 5.96. The lowest BCUT2D eigenvalue weighted by molar-refractivity contribution is 0.284. The van der Waals surface area contributed by atoms with Crippen LogP contribution in [0.1, 0.15) is 5.56 Å². The summed E-state index contributed by atoms with van der Waals surface area (Å²) in [5.41, 5.74) is 2.40. The van der Waals surface area contributed by atoms with Crippen molar-refractivity contribution in [2.24, 2.45) is 0 Å². The first-order chi connectivity index (χ1) is 12.3. The Hall–Kier alpha value is -2.46. The third-order valence-corrected chi connectivity index (χ3v) is 4.61. The molecule has 0 radical (unpaired) electrons. The van der Waals surface area contributed by atoms with Gasteiger partial charge in [0.1, 0.15) is 11.5 Å². The number of ether oxygens (including phenoxy) is 2. The summed E-state index contributed by atoms with van der Waals surface area (Å²) in [5.74, 6) is 1.83. The number of hydrogen-bond acceptors (Lipinski definition) is 4. The van der Waals surface area contributed by atoms with E-state index >= 15 is 0 Å². The van der Waals surface area contributed by atoms with Crippen LogP contribution in [0.15, 0.2) is 54.6 Å². The first-order valence-corrected chi connectivity index (χ1v) is 8.71. The predicted octanol–water partition coefficient (Wildman–Crippen LogP) is 3.54. The second-order valence-corrected chi connectivity index (χ2v) is 6.13. The van der Waals surface area contributed by atoms with Crippen molar-refractivity contribution in [3.05, 3.63) is 60.2 Å². The van der Waals surface area contributed by atoms with Crippen molar-refractivity contribution in [3.8, 4) is 11.5 Å². The maximum Gasteiger partial charge on any atom is 0.126 e. The molecule has 0 aliphatic carbocycles. The molecule has 4 heteroatoms. The molecule has 0 atom stereocenters. The largest absolute Gasteiger partial charge is 0.497 e. The Morgan fingerprint density at radius 1 is 0.880 bits per heavy atom. The summed E-state index contributed by atoms with van der Waals surface area (Å²) in [5, 5.41) is 0. The maximum atomic E-state index is 5.39. The van der Waals surface area contributed by atoms with Crippen molar-refractivity contribution in [1.82, 2.24) is 4.90 Å². The summed E-state index contributed by atoms with van der Waals surface area (Å²) in [6.45, 7) is 5.21. The molecule has 1 saturated heterocycles. The average Bonchev–Trinajstić information content (AvgIpc) is 2.69. The molecule has 0 amide bonds. The molecule has 0 N–H and O–H groups in total. The molecule has 0 aromatic heterocycles. The maximum absolute atomic E-state index is 5.39. The van der Waals surface area contributed by atoms with Gasteiger partial charge in [-0.25, -0.2) is 0 Å². The normalized spacial score (nSPS) is 15.5. The predicted molar refractivity (Wildman–Crippen MR) is 104 cm³/mol. The zero-order valence-corrected chi connectivity index (χ0v) is 15.0. The summed E-state index contributed by atoms with van der Waals surface area (Å²) < 4.78 is 10.6. The fraction of sp³-hybridized carbons (Fsp3) is 0.333. The van der Waals surface area contributed by atoms with E-state index in [-0.39, 0.29) is 0 Å². The molecule has 1 aliphatic heterocycles. The number of rotatable bonds is 6. The van der Waals surface area contributed by atoms with Crippen LogP contribution in [0.2, 0.25) is 0 Å². The van der Waals surface area contributed by atoms with E-state index in [4.69, 9.17) is 9.47 Å². The smallest absolute Gasteiger partial charge is 0.126 e. The van der Waals surface area contributed by atoms with E-state index in [0.29, 0.717) is 0 Å². The molecule has 1 fully saturated rings. The van der Waals surface area contributed by atoms with Gasteiger partial charge < -0.3 is 14.4 Å². The molecule has 132 valence electrons. The van der Waals surface area contributed by atoms with E-state index in [2.05, 4.69) is 40.2 Å². The van der Waals surface area contributed by atoms with Gasteiger partial charge in [0.25, 0.3) is 0 Å². The van der Waals surface area contributed by atoms with Gasteiger partial charge in [-0.05, 0) is 30.3 Å². The Bertz CT molecular complexity index is 689. The Morgan fingerprint density at radius 2 is 1.60 bits per heavy atom. The number of anilines is 1. The van der Waals surface area contributed by atoms with Crippen molar-refractivity contribution < 1.29 is 9.47 Å². The Labute approximate surface area is 150 Å². The van der Waals surface area contributed by atoms with E-state index in [0.717, 1.165) is 49.8 Å². The molecule has 2 aromatic rings. The molecule has 3 rings (SSSR count). The average molecular weight is 338 g/mol. The topological polar surface area (TPSA) is 24.9 Å². The molecule has 0 unspecified atom stereocenters. The number of benzene rings is 2. The minimum Gasteiger partial charge on any atom is -0.497 e. The molecule has 0 saturated carbocycles. The lowest BCUT2D eigenvalue weighted by Crippen LogP contribution is -2.46. The minimum absolute atomic E-state index is 0.906.